The third-order valence-corrected chi connectivity index (χ3v) is 3.36. The van der Waals surface area contributed by atoms with E-state index < -0.39 is 17.3 Å². The molecule has 1 aliphatic rings. The van der Waals surface area contributed by atoms with Gasteiger partial charge in [-0.1, -0.05) is 0 Å². The van der Waals surface area contributed by atoms with Crippen LogP contribution in [-0.4, -0.2) is 24.8 Å². The molecule has 3 nitrogen and oxygen atoms in total. The summed E-state index contributed by atoms with van der Waals surface area (Å²) in [6, 6.07) is 5.43. The summed E-state index contributed by atoms with van der Waals surface area (Å²) in [5, 5.41) is 8.82. The molecule has 0 N–H and O–H groups in total. The number of rotatable bonds is 1. The van der Waals surface area contributed by atoms with Gasteiger partial charge in [-0.25, -0.2) is 0 Å². The second-order valence-corrected chi connectivity index (χ2v) is 5.91. The van der Waals surface area contributed by atoms with Gasteiger partial charge in [0.2, 0.25) is 0 Å². The predicted octanol–water partition coefficient (Wildman–Crippen LogP) is 3.58. The van der Waals surface area contributed by atoms with Gasteiger partial charge in [0, 0.05) is 18.8 Å². The van der Waals surface area contributed by atoms with Gasteiger partial charge in [-0.3, -0.25) is 0 Å². The van der Waals surface area contributed by atoms with E-state index in [2.05, 4.69) is 0 Å². The normalized spacial score (nSPS) is 22.0. The van der Waals surface area contributed by atoms with Gasteiger partial charge in [-0.05, 0) is 39.0 Å². The Balaban J connectivity index is 2.39. The molecule has 0 aromatic heterocycles. The minimum Gasteiger partial charge on any atom is -0.369 e. The van der Waals surface area contributed by atoms with Crippen LogP contribution in [0.3, 0.4) is 0 Å². The number of benzene rings is 1. The van der Waals surface area contributed by atoms with Crippen LogP contribution >= 0.6 is 0 Å². The van der Waals surface area contributed by atoms with Crippen molar-refractivity contribution in [1.29, 1.82) is 5.26 Å². The van der Waals surface area contributed by atoms with Gasteiger partial charge < -0.3 is 9.64 Å². The van der Waals surface area contributed by atoms with Crippen molar-refractivity contribution in [3.63, 3.8) is 0 Å². The first-order valence-electron chi connectivity index (χ1n) is 6.66. The molecule has 1 aromatic carbocycles. The monoisotopic (exact) mass is 298 g/mol. The van der Waals surface area contributed by atoms with E-state index in [0.717, 1.165) is 6.07 Å². The van der Waals surface area contributed by atoms with Crippen LogP contribution in [0.1, 0.15) is 31.9 Å². The summed E-state index contributed by atoms with van der Waals surface area (Å²) in [4.78, 5) is 1.87. The van der Waals surface area contributed by atoms with Crippen LogP contribution in [0, 0.1) is 11.3 Å². The minimum absolute atomic E-state index is 0.0706. The average molecular weight is 298 g/mol. The van der Waals surface area contributed by atoms with Gasteiger partial charge in [0.05, 0.1) is 28.9 Å². The van der Waals surface area contributed by atoms with Crippen molar-refractivity contribution in [3.05, 3.63) is 29.3 Å². The van der Waals surface area contributed by atoms with Gasteiger partial charge >= 0.3 is 6.18 Å². The number of anilines is 1. The highest BCUT2D eigenvalue weighted by Gasteiger charge is 2.36. The Bertz CT molecular complexity index is 575. The second kappa shape index (κ2) is 5.23. The number of morpholine rings is 1. The number of alkyl halides is 3. The van der Waals surface area contributed by atoms with Gasteiger partial charge in [0.15, 0.2) is 0 Å². The van der Waals surface area contributed by atoms with Crippen molar-refractivity contribution in [3.8, 4) is 6.07 Å². The Labute approximate surface area is 121 Å². The molecule has 0 bridgehead atoms. The molecule has 1 fully saturated rings. The molecule has 0 radical (unpaired) electrons. The molecule has 21 heavy (non-hydrogen) atoms. The molecule has 6 heteroatoms. The van der Waals surface area contributed by atoms with E-state index in [1.54, 1.807) is 12.1 Å². The molecule has 0 aliphatic carbocycles. The van der Waals surface area contributed by atoms with E-state index in [4.69, 9.17) is 10.00 Å². The molecule has 1 aliphatic heterocycles. The number of nitrogens with zero attached hydrogens (tertiary/aromatic N) is 2. The topological polar surface area (TPSA) is 36.3 Å². The summed E-state index contributed by atoms with van der Waals surface area (Å²) in [6.07, 6.45) is -4.60. The van der Waals surface area contributed by atoms with Crippen LogP contribution in [0.25, 0.3) is 0 Å². The summed E-state index contributed by atoms with van der Waals surface area (Å²) in [5.74, 6) is 0. The van der Waals surface area contributed by atoms with Crippen molar-refractivity contribution in [2.45, 2.75) is 38.7 Å². The highest BCUT2D eigenvalue weighted by molar-refractivity contribution is 5.55. The van der Waals surface area contributed by atoms with Gasteiger partial charge in [0.1, 0.15) is 0 Å². The second-order valence-electron chi connectivity index (χ2n) is 5.91. The maximum atomic E-state index is 13.0. The zero-order valence-corrected chi connectivity index (χ0v) is 12.2. The molecule has 1 unspecified atom stereocenters. The Morgan fingerprint density at radius 3 is 2.57 bits per heavy atom. The minimum atomic E-state index is -4.53. The molecule has 1 aromatic rings. The lowest BCUT2D eigenvalue weighted by molar-refractivity contribution is -0.137. The molecule has 2 rings (SSSR count). The first-order valence-corrected chi connectivity index (χ1v) is 6.66. The fourth-order valence-corrected chi connectivity index (χ4v) is 2.71. The first-order chi connectivity index (χ1) is 9.62. The molecule has 0 amide bonds. The predicted molar refractivity (Wildman–Crippen MR) is 73.0 cm³/mol. The molecular weight excluding hydrogens is 281 g/mol. The van der Waals surface area contributed by atoms with E-state index in [1.165, 1.54) is 6.07 Å². The van der Waals surface area contributed by atoms with Crippen LogP contribution in [0.5, 0.6) is 0 Å². The molecule has 0 saturated carbocycles. The van der Waals surface area contributed by atoms with Gasteiger partial charge in [-0.15, -0.1) is 0 Å². The summed E-state index contributed by atoms with van der Waals surface area (Å²) in [6.45, 7) is 6.73. The highest BCUT2D eigenvalue weighted by Crippen LogP contribution is 2.35. The summed E-state index contributed by atoms with van der Waals surface area (Å²) in [5.41, 5.74) is -1.21. The highest BCUT2D eigenvalue weighted by atomic mass is 19.4. The smallest absolute Gasteiger partial charge is 0.369 e. The van der Waals surface area contributed by atoms with E-state index in [1.807, 2.05) is 25.7 Å². The van der Waals surface area contributed by atoms with E-state index >= 15 is 0 Å². The third kappa shape index (κ3) is 3.48. The SMILES string of the molecule is CC1CN(c2ccc(C#N)c(C(F)(F)F)c2)CC(C)(C)O1. The van der Waals surface area contributed by atoms with Crippen LogP contribution in [0.15, 0.2) is 18.2 Å². The van der Waals surface area contributed by atoms with Crippen molar-refractivity contribution in [2.75, 3.05) is 18.0 Å². The molecule has 1 saturated heterocycles. The van der Waals surface area contributed by atoms with Crippen LogP contribution in [-0.2, 0) is 10.9 Å². The zero-order valence-electron chi connectivity index (χ0n) is 12.2. The quantitative estimate of drug-likeness (QED) is 0.795. The first kappa shape index (κ1) is 15.6. The fourth-order valence-electron chi connectivity index (χ4n) is 2.71. The van der Waals surface area contributed by atoms with Crippen LogP contribution in [0.4, 0.5) is 18.9 Å². The van der Waals surface area contributed by atoms with Crippen molar-refractivity contribution in [2.24, 2.45) is 0 Å². The fraction of sp³-hybridized carbons (Fsp3) is 0.533. The zero-order chi connectivity index (χ0) is 15.8. The molecule has 1 atom stereocenters. The van der Waals surface area contributed by atoms with E-state index in [9.17, 15) is 13.2 Å². The number of hydrogen-bond donors (Lipinski definition) is 0. The number of nitriles is 1. The molecular formula is C15H17F3N2O. The standard InChI is InChI=1S/C15H17F3N2O/c1-10-8-20(9-14(2,3)21-10)12-5-4-11(7-19)13(6-12)15(16,17)18/h4-6,10H,8-9H2,1-3H3. The summed E-state index contributed by atoms with van der Waals surface area (Å²) in [7, 11) is 0. The van der Waals surface area contributed by atoms with Gasteiger partial charge in [0.25, 0.3) is 0 Å². The molecule has 114 valence electrons. The summed E-state index contributed by atoms with van der Waals surface area (Å²) < 4.78 is 44.8. The van der Waals surface area contributed by atoms with Gasteiger partial charge in [-0.2, -0.15) is 18.4 Å². The molecule has 1 heterocycles. The van der Waals surface area contributed by atoms with E-state index in [0.29, 0.717) is 18.8 Å². The van der Waals surface area contributed by atoms with E-state index in [-0.39, 0.29) is 11.7 Å². The lowest BCUT2D eigenvalue weighted by Crippen LogP contribution is -2.52. The average Bonchev–Trinajstić information content (AvgIpc) is 2.34. The number of hydrogen-bond acceptors (Lipinski definition) is 3. The largest absolute Gasteiger partial charge is 0.417 e. The maximum absolute atomic E-state index is 13.0. The Morgan fingerprint density at radius 2 is 2.05 bits per heavy atom. The van der Waals surface area contributed by atoms with Crippen molar-refractivity contribution in [1.82, 2.24) is 0 Å². The van der Waals surface area contributed by atoms with Crippen molar-refractivity contribution < 1.29 is 17.9 Å². The lowest BCUT2D eigenvalue weighted by Gasteiger charge is -2.43. The molecule has 0 spiro atoms. The van der Waals surface area contributed by atoms with Crippen LogP contribution in [0.2, 0.25) is 0 Å². The Kier molecular flexibility index (Phi) is 3.89. The summed E-state index contributed by atoms with van der Waals surface area (Å²) >= 11 is 0. The third-order valence-electron chi connectivity index (χ3n) is 3.36. The van der Waals surface area contributed by atoms with Crippen LogP contribution < -0.4 is 4.90 Å². The maximum Gasteiger partial charge on any atom is 0.417 e. The van der Waals surface area contributed by atoms with Crippen molar-refractivity contribution >= 4 is 5.69 Å². The number of halogens is 3. The lowest BCUT2D eigenvalue weighted by atomic mass is 10.0. The Hall–Kier alpha value is -1.74. The Morgan fingerprint density at radius 1 is 1.38 bits per heavy atom. The number of ether oxygens (including phenoxy) is 1.